The number of halogens is 4. The second kappa shape index (κ2) is 8.99. The van der Waals surface area contributed by atoms with Crippen molar-refractivity contribution in [2.24, 2.45) is 0 Å². The molecule has 0 spiro atoms. The molecular weight excluding hydrogens is 416 g/mol. The lowest BCUT2D eigenvalue weighted by Gasteiger charge is -2.15. The van der Waals surface area contributed by atoms with Crippen molar-refractivity contribution in [2.45, 2.75) is 45.9 Å². The number of hydrogen-bond donors (Lipinski definition) is 0. The average Bonchev–Trinajstić information content (AvgIpc) is 3.04. The van der Waals surface area contributed by atoms with E-state index in [0.717, 1.165) is 0 Å². The van der Waals surface area contributed by atoms with E-state index >= 15 is 0 Å². The number of benzene rings is 2. The highest BCUT2D eigenvalue weighted by molar-refractivity contribution is 6.09. The number of hydrogen-bond acceptors (Lipinski definition) is 4. The summed E-state index contributed by atoms with van der Waals surface area (Å²) in [5.41, 5.74) is 1.08. The van der Waals surface area contributed by atoms with Gasteiger partial charge in [0.1, 0.15) is 28.5 Å². The Hall–Kier alpha value is -3.03. The van der Waals surface area contributed by atoms with Crippen LogP contribution >= 0.6 is 0 Å². The van der Waals surface area contributed by atoms with Gasteiger partial charge in [-0.05, 0) is 69.2 Å². The number of esters is 1. The average molecular weight is 438 g/mol. The molecule has 0 saturated heterocycles. The van der Waals surface area contributed by atoms with Gasteiger partial charge in [-0.25, -0.2) is 9.18 Å². The molecule has 3 rings (SSSR count). The lowest BCUT2D eigenvalue weighted by molar-refractivity contribution is -0.134. The highest BCUT2D eigenvalue weighted by atomic mass is 19.4. The molecule has 0 aliphatic carbocycles. The molecule has 1 aromatic heterocycles. The van der Waals surface area contributed by atoms with Crippen molar-refractivity contribution < 1.29 is 36.2 Å². The monoisotopic (exact) mass is 438 g/mol. The normalized spacial score (nSPS) is 11.9. The summed E-state index contributed by atoms with van der Waals surface area (Å²) in [5.74, 6) is -0.723. The minimum atomic E-state index is -4.33. The van der Waals surface area contributed by atoms with Crippen molar-refractivity contribution in [1.82, 2.24) is 0 Å². The molecule has 4 nitrogen and oxygen atoms in total. The van der Waals surface area contributed by atoms with Gasteiger partial charge in [0.25, 0.3) is 0 Å². The number of carbonyl (C=O) groups excluding carboxylic acids is 1. The quantitative estimate of drug-likeness (QED) is 0.304. The van der Waals surface area contributed by atoms with E-state index in [4.69, 9.17) is 13.9 Å². The number of furan rings is 1. The molecule has 0 atom stereocenters. The fraction of sp³-hybridized carbons (Fsp3) is 0.348. The molecule has 0 unspecified atom stereocenters. The van der Waals surface area contributed by atoms with Crippen LogP contribution in [0.25, 0.3) is 22.3 Å². The Balaban J connectivity index is 2.21. The van der Waals surface area contributed by atoms with E-state index in [1.807, 2.05) is 0 Å². The van der Waals surface area contributed by atoms with Crippen LogP contribution in [0.2, 0.25) is 0 Å². The molecule has 0 aliphatic rings. The van der Waals surface area contributed by atoms with Crippen LogP contribution in [0.5, 0.6) is 5.75 Å². The van der Waals surface area contributed by atoms with Gasteiger partial charge in [0.2, 0.25) is 0 Å². The Kier molecular flexibility index (Phi) is 6.57. The second-order valence-electron chi connectivity index (χ2n) is 7.27. The molecule has 0 saturated carbocycles. The minimum absolute atomic E-state index is 0.111. The van der Waals surface area contributed by atoms with E-state index in [-0.39, 0.29) is 41.8 Å². The van der Waals surface area contributed by atoms with Gasteiger partial charge in [-0.1, -0.05) is 0 Å². The number of rotatable bonds is 7. The topological polar surface area (TPSA) is 48.7 Å². The van der Waals surface area contributed by atoms with Crippen LogP contribution in [0, 0.1) is 5.82 Å². The fourth-order valence-corrected chi connectivity index (χ4v) is 3.21. The van der Waals surface area contributed by atoms with Crippen LogP contribution in [-0.2, 0) is 11.2 Å². The zero-order valence-electron chi connectivity index (χ0n) is 17.3. The van der Waals surface area contributed by atoms with Crippen molar-refractivity contribution in [2.75, 3.05) is 6.61 Å². The highest BCUT2D eigenvalue weighted by Gasteiger charge is 2.29. The van der Waals surface area contributed by atoms with Gasteiger partial charge in [-0.3, -0.25) is 0 Å². The SMILES string of the molecule is CCOC(=O)c1c(-c2ccc(F)cc2)oc2cc(CCC(F)(F)F)c(OC(C)C)cc12. The summed E-state index contributed by atoms with van der Waals surface area (Å²) in [6.45, 7) is 5.28. The molecule has 0 N–H and O–H groups in total. The van der Waals surface area contributed by atoms with Gasteiger partial charge < -0.3 is 13.9 Å². The zero-order valence-corrected chi connectivity index (χ0v) is 17.3. The van der Waals surface area contributed by atoms with Gasteiger partial charge in [0, 0.05) is 17.4 Å². The predicted octanol–water partition coefficient (Wildman–Crippen LogP) is 6.70. The maximum Gasteiger partial charge on any atom is 0.389 e. The number of carbonyl (C=O) groups is 1. The largest absolute Gasteiger partial charge is 0.491 e. The molecular formula is C23H22F4O4. The smallest absolute Gasteiger partial charge is 0.389 e. The van der Waals surface area contributed by atoms with E-state index in [2.05, 4.69) is 0 Å². The molecule has 2 aromatic carbocycles. The zero-order chi connectivity index (χ0) is 22.8. The molecule has 3 aromatic rings. The molecule has 31 heavy (non-hydrogen) atoms. The third-order valence-electron chi connectivity index (χ3n) is 4.50. The van der Waals surface area contributed by atoms with E-state index in [0.29, 0.717) is 16.5 Å². The van der Waals surface area contributed by atoms with Crippen LogP contribution < -0.4 is 4.74 Å². The first-order valence-electron chi connectivity index (χ1n) is 9.85. The number of alkyl halides is 3. The first-order valence-corrected chi connectivity index (χ1v) is 9.85. The van der Waals surface area contributed by atoms with Crippen LogP contribution in [0.4, 0.5) is 17.6 Å². The minimum Gasteiger partial charge on any atom is -0.491 e. The van der Waals surface area contributed by atoms with E-state index < -0.39 is 24.4 Å². The summed E-state index contributed by atoms with van der Waals surface area (Å²) >= 11 is 0. The summed E-state index contributed by atoms with van der Waals surface area (Å²) in [6, 6.07) is 8.30. The van der Waals surface area contributed by atoms with E-state index in [1.54, 1.807) is 20.8 Å². The molecule has 0 aliphatic heterocycles. The van der Waals surface area contributed by atoms with E-state index in [9.17, 15) is 22.4 Å². The van der Waals surface area contributed by atoms with Crippen LogP contribution in [0.1, 0.15) is 43.1 Å². The third-order valence-corrected chi connectivity index (χ3v) is 4.50. The summed E-state index contributed by atoms with van der Waals surface area (Å²) in [6.07, 6.45) is -5.95. The van der Waals surface area contributed by atoms with Crippen molar-refractivity contribution >= 4 is 16.9 Å². The van der Waals surface area contributed by atoms with Crippen molar-refractivity contribution in [3.63, 3.8) is 0 Å². The molecule has 0 fully saturated rings. The Morgan fingerprint density at radius 1 is 1.13 bits per heavy atom. The summed E-state index contributed by atoms with van der Waals surface area (Å²) in [7, 11) is 0. The van der Waals surface area contributed by atoms with Crippen molar-refractivity contribution in [3.05, 3.63) is 53.3 Å². The summed E-state index contributed by atoms with van der Waals surface area (Å²) in [5, 5.41) is 0.351. The first kappa shape index (κ1) is 22.7. The number of fused-ring (bicyclic) bond motifs is 1. The summed E-state index contributed by atoms with van der Waals surface area (Å²) < 4.78 is 68.5. The van der Waals surface area contributed by atoms with Crippen molar-refractivity contribution in [3.8, 4) is 17.1 Å². The lowest BCUT2D eigenvalue weighted by atomic mass is 10.0. The molecule has 0 radical (unpaired) electrons. The Morgan fingerprint density at radius 2 is 1.81 bits per heavy atom. The predicted molar refractivity (Wildman–Crippen MR) is 108 cm³/mol. The number of aryl methyl sites for hydroxylation is 1. The maximum absolute atomic E-state index is 13.4. The first-order chi connectivity index (χ1) is 14.6. The van der Waals surface area contributed by atoms with Gasteiger partial charge in [-0.2, -0.15) is 13.2 Å². The molecule has 1 heterocycles. The highest BCUT2D eigenvalue weighted by Crippen LogP contribution is 2.39. The molecule has 8 heteroatoms. The van der Waals surface area contributed by atoms with Gasteiger partial charge >= 0.3 is 12.1 Å². The van der Waals surface area contributed by atoms with Gasteiger partial charge in [0.05, 0.1) is 12.7 Å². The Morgan fingerprint density at radius 3 is 2.39 bits per heavy atom. The van der Waals surface area contributed by atoms with Gasteiger partial charge in [-0.15, -0.1) is 0 Å². The molecule has 166 valence electrons. The number of ether oxygens (including phenoxy) is 2. The molecule has 0 bridgehead atoms. The Bertz CT molecular complexity index is 1070. The lowest BCUT2D eigenvalue weighted by Crippen LogP contribution is -2.11. The Labute approximate surface area is 176 Å². The molecule has 0 amide bonds. The fourth-order valence-electron chi connectivity index (χ4n) is 3.21. The van der Waals surface area contributed by atoms with Crippen LogP contribution in [0.3, 0.4) is 0 Å². The summed E-state index contributed by atoms with van der Waals surface area (Å²) in [4.78, 5) is 12.7. The third kappa shape index (κ3) is 5.37. The van der Waals surface area contributed by atoms with Crippen LogP contribution in [0.15, 0.2) is 40.8 Å². The van der Waals surface area contributed by atoms with E-state index in [1.165, 1.54) is 36.4 Å². The standard InChI is InChI=1S/C23H22F4O4/c1-4-29-22(28)20-17-12-18(30-13(2)3)15(9-10-23(25,26)27)11-19(17)31-21(20)14-5-7-16(24)8-6-14/h5-8,11-13H,4,9-10H2,1-3H3. The van der Waals surface area contributed by atoms with Gasteiger partial charge in [0.15, 0.2) is 0 Å². The second-order valence-corrected chi connectivity index (χ2v) is 7.27. The maximum atomic E-state index is 13.4. The van der Waals surface area contributed by atoms with Crippen LogP contribution in [-0.4, -0.2) is 24.9 Å². The van der Waals surface area contributed by atoms with Crippen molar-refractivity contribution in [1.29, 1.82) is 0 Å².